The van der Waals surface area contributed by atoms with E-state index in [4.69, 9.17) is 11.7 Å². The largest absolute Gasteiger partial charge is 0.322 e. The van der Waals surface area contributed by atoms with Crippen molar-refractivity contribution in [3.8, 4) is 18.4 Å². The first-order valence-electron chi connectivity index (χ1n) is 7.14. The Morgan fingerprint density at radius 1 is 1.32 bits per heavy atom. The standard InChI is InChI=1S/C15H21N3O/c1-2-5-13-8-9-14(10-16)18(13)15(19)11-17-12-6-3-4-7-12/h1,12-14,17H,3-9,11H2/t13-,14+/m1/s1. The lowest BCUT2D eigenvalue weighted by atomic mass is 10.1. The normalized spacial score (nSPS) is 27.2. The molecule has 1 saturated heterocycles. The van der Waals surface area contributed by atoms with Gasteiger partial charge >= 0.3 is 0 Å². The van der Waals surface area contributed by atoms with Gasteiger partial charge in [0.15, 0.2) is 0 Å². The monoisotopic (exact) mass is 259 g/mol. The predicted octanol–water partition coefficient (Wildman–Crippen LogP) is 1.43. The van der Waals surface area contributed by atoms with Crippen molar-refractivity contribution in [1.29, 1.82) is 5.26 Å². The number of carbonyl (C=O) groups excluding carboxylic acids is 1. The van der Waals surface area contributed by atoms with Gasteiger partial charge in [0.25, 0.3) is 0 Å². The summed E-state index contributed by atoms with van der Waals surface area (Å²) in [4.78, 5) is 14.0. The summed E-state index contributed by atoms with van der Waals surface area (Å²) in [5.74, 6) is 2.64. The Morgan fingerprint density at radius 2 is 2.05 bits per heavy atom. The molecule has 0 aromatic carbocycles. The number of nitriles is 1. The van der Waals surface area contributed by atoms with E-state index in [1.165, 1.54) is 12.8 Å². The topological polar surface area (TPSA) is 56.1 Å². The Labute approximate surface area is 115 Å². The molecule has 19 heavy (non-hydrogen) atoms. The van der Waals surface area contributed by atoms with E-state index in [2.05, 4.69) is 17.3 Å². The molecule has 2 atom stereocenters. The number of amides is 1. The smallest absolute Gasteiger partial charge is 0.237 e. The van der Waals surface area contributed by atoms with Gasteiger partial charge in [-0.25, -0.2) is 0 Å². The highest BCUT2D eigenvalue weighted by atomic mass is 16.2. The average Bonchev–Trinajstić information content (AvgIpc) is 3.05. The Hall–Kier alpha value is -1.52. The SMILES string of the molecule is C#CC[C@@H]1CC[C@@H](C#N)N1C(=O)CNC1CCCC1. The molecule has 1 N–H and O–H groups in total. The number of terminal acetylenes is 1. The van der Waals surface area contributed by atoms with Crippen LogP contribution in [-0.2, 0) is 4.79 Å². The number of likely N-dealkylation sites (tertiary alicyclic amines) is 1. The zero-order valence-electron chi connectivity index (χ0n) is 11.3. The number of nitrogens with one attached hydrogen (secondary N) is 1. The maximum absolute atomic E-state index is 12.3. The molecule has 0 aromatic rings. The van der Waals surface area contributed by atoms with Gasteiger partial charge in [-0.1, -0.05) is 12.8 Å². The molecule has 0 aromatic heterocycles. The van der Waals surface area contributed by atoms with E-state index in [-0.39, 0.29) is 18.0 Å². The second-order valence-corrected chi connectivity index (χ2v) is 5.45. The molecule has 4 heteroatoms. The van der Waals surface area contributed by atoms with Gasteiger partial charge in [-0.2, -0.15) is 5.26 Å². The fourth-order valence-corrected chi connectivity index (χ4v) is 3.18. The molecule has 4 nitrogen and oxygen atoms in total. The Bertz CT molecular complexity index is 401. The van der Waals surface area contributed by atoms with Crippen molar-refractivity contribution in [2.45, 2.75) is 63.1 Å². The van der Waals surface area contributed by atoms with E-state index in [0.717, 1.165) is 25.7 Å². The molecule has 0 spiro atoms. The fourth-order valence-electron chi connectivity index (χ4n) is 3.18. The Morgan fingerprint density at radius 3 is 2.68 bits per heavy atom. The number of carbonyl (C=O) groups is 1. The molecule has 0 radical (unpaired) electrons. The predicted molar refractivity (Wildman–Crippen MR) is 73.0 cm³/mol. The zero-order valence-corrected chi connectivity index (χ0v) is 11.3. The van der Waals surface area contributed by atoms with Crippen LogP contribution in [0, 0.1) is 23.7 Å². The van der Waals surface area contributed by atoms with Crippen LogP contribution >= 0.6 is 0 Å². The van der Waals surface area contributed by atoms with Gasteiger partial charge in [-0.3, -0.25) is 4.79 Å². The summed E-state index contributed by atoms with van der Waals surface area (Å²) in [7, 11) is 0. The third kappa shape index (κ3) is 3.28. The van der Waals surface area contributed by atoms with Gasteiger partial charge in [-0.15, -0.1) is 12.3 Å². The molecule has 1 amide bonds. The first-order chi connectivity index (χ1) is 9.26. The van der Waals surface area contributed by atoms with Gasteiger partial charge in [-0.05, 0) is 25.7 Å². The molecule has 2 rings (SSSR count). The van der Waals surface area contributed by atoms with E-state index in [0.29, 0.717) is 19.0 Å². The molecule has 1 aliphatic carbocycles. The third-order valence-corrected chi connectivity index (χ3v) is 4.19. The molecule has 2 fully saturated rings. The highest BCUT2D eigenvalue weighted by molar-refractivity contribution is 5.79. The van der Waals surface area contributed by atoms with Crippen LogP contribution in [0.4, 0.5) is 0 Å². The molecule has 1 heterocycles. The summed E-state index contributed by atoms with van der Waals surface area (Å²) < 4.78 is 0. The van der Waals surface area contributed by atoms with Crippen LogP contribution in [0.2, 0.25) is 0 Å². The number of hydrogen-bond donors (Lipinski definition) is 1. The van der Waals surface area contributed by atoms with Gasteiger partial charge in [0.05, 0.1) is 12.6 Å². The van der Waals surface area contributed by atoms with Crippen LogP contribution in [0.5, 0.6) is 0 Å². The van der Waals surface area contributed by atoms with Crippen LogP contribution in [0.15, 0.2) is 0 Å². The van der Waals surface area contributed by atoms with Gasteiger partial charge in [0, 0.05) is 18.5 Å². The maximum Gasteiger partial charge on any atom is 0.237 e. The second-order valence-electron chi connectivity index (χ2n) is 5.45. The summed E-state index contributed by atoms with van der Waals surface area (Å²) in [6.45, 7) is 0.337. The van der Waals surface area contributed by atoms with Crippen LogP contribution < -0.4 is 5.32 Å². The van der Waals surface area contributed by atoms with Crippen molar-refractivity contribution in [3.05, 3.63) is 0 Å². The minimum absolute atomic E-state index is 0.0243. The molecule has 0 unspecified atom stereocenters. The minimum Gasteiger partial charge on any atom is -0.322 e. The van der Waals surface area contributed by atoms with Gasteiger partial charge in [0.2, 0.25) is 5.91 Å². The van der Waals surface area contributed by atoms with Crippen LogP contribution in [-0.4, -0.2) is 35.5 Å². The van der Waals surface area contributed by atoms with Crippen molar-refractivity contribution in [2.75, 3.05) is 6.54 Å². The third-order valence-electron chi connectivity index (χ3n) is 4.19. The summed E-state index contributed by atoms with van der Waals surface area (Å²) in [5, 5.41) is 12.4. The van der Waals surface area contributed by atoms with E-state index < -0.39 is 0 Å². The zero-order chi connectivity index (χ0) is 13.7. The van der Waals surface area contributed by atoms with E-state index in [9.17, 15) is 4.79 Å². The van der Waals surface area contributed by atoms with E-state index in [1.54, 1.807) is 4.90 Å². The Balaban J connectivity index is 1.90. The first kappa shape index (κ1) is 13.9. The lowest BCUT2D eigenvalue weighted by Crippen LogP contribution is -2.46. The molecule has 102 valence electrons. The Kier molecular flexibility index (Phi) is 4.82. The van der Waals surface area contributed by atoms with Gasteiger partial charge in [0.1, 0.15) is 6.04 Å². The van der Waals surface area contributed by atoms with Crippen molar-refractivity contribution < 1.29 is 4.79 Å². The van der Waals surface area contributed by atoms with E-state index in [1.807, 2.05) is 0 Å². The van der Waals surface area contributed by atoms with Crippen LogP contribution in [0.25, 0.3) is 0 Å². The average molecular weight is 259 g/mol. The molecule has 1 saturated carbocycles. The minimum atomic E-state index is -0.295. The quantitative estimate of drug-likeness (QED) is 0.777. The molecular weight excluding hydrogens is 238 g/mol. The summed E-state index contributed by atoms with van der Waals surface area (Å²) >= 11 is 0. The highest BCUT2D eigenvalue weighted by Crippen LogP contribution is 2.26. The number of nitrogens with zero attached hydrogens (tertiary/aromatic N) is 2. The highest BCUT2D eigenvalue weighted by Gasteiger charge is 2.36. The second kappa shape index (κ2) is 6.59. The maximum atomic E-state index is 12.3. The molecule has 1 aliphatic heterocycles. The summed E-state index contributed by atoms with van der Waals surface area (Å²) in [5.41, 5.74) is 0. The van der Waals surface area contributed by atoms with Crippen molar-refractivity contribution >= 4 is 5.91 Å². The number of hydrogen-bond acceptors (Lipinski definition) is 3. The lowest BCUT2D eigenvalue weighted by molar-refractivity contribution is -0.132. The van der Waals surface area contributed by atoms with Crippen molar-refractivity contribution in [3.63, 3.8) is 0 Å². The first-order valence-corrected chi connectivity index (χ1v) is 7.14. The summed E-state index contributed by atoms with van der Waals surface area (Å²) in [6.07, 6.45) is 12.3. The number of rotatable bonds is 4. The van der Waals surface area contributed by atoms with Crippen molar-refractivity contribution in [2.24, 2.45) is 0 Å². The molecular formula is C15H21N3O. The lowest BCUT2D eigenvalue weighted by Gasteiger charge is -2.27. The summed E-state index contributed by atoms with van der Waals surface area (Å²) in [6, 6.07) is 2.44. The van der Waals surface area contributed by atoms with Crippen LogP contribution in [0.3, 0.4) is 0 Å². The van der Waals surface area contributed by atoms with E-state index >= 15 is 0 Å². The molecule has 2 aliphatic rings. The van der Waals surface area contributed by atoms with Crippen LogP contribution in [0.1, 0.15) is 44.9 Å². The van der Waals surface area contributed by atoms with Gasteiger partial charge < -0.3 is 10.2 Å². The fraction of sp³-hybridized carbons (Fsp3) is 0.733. The van der Waals surface area contributed by atoms with Crippen molar-refractivity contribution in [1.82, 2.24) is 10.2 Å². The molecule has 0 bridgehead atoms.